The third kappa shape index (κ3) is 3.84. The van der Waals surface area contributed by atoms with Crippen LogP contribution < -0.4 is 5.32 Å². The first kappa shape index (κ1) is 11.3. The van der Waals surface area contributed by atoms with Crippen molar-refractivity contribution >= 4 is 11.9 Å². The molecule has 5 heteroatoms. The van der Waals surface area contributed by atoms with Crippen molar-refractivity contribution < 1.29 is 14.7 Å². The molecule has 0 spiro atoms. The van der Waals surface area contributed by atoms with Gasteiger partial charge in [0.2, 0.25) is 5.91 Å². The minimum atomic E-state index is -0.955. The van der Waals surface area contributed by atoms with Crippen molar-refractivity contribution in [1.29, 1.82) is 0 Å². The molecule has 82 valence electrons. The van der Waals surface area contributed by atoms with E-state index in [2.05, 4.69) is 5.32 Å². The first-order valence-electron chi connectivity index (χ1n) is 4.68. The fraction of sp³-hybridized carbons (Fsp3) is 0.400. The van der Waals surface area contributed by atoms with Gasteiger partial charge < -0.3 is 15.0 Å². The molecule has 0 aliphatic rings. The largest absolute Gasteiger partial charge is 0.481 e. The first-order valence-corrected chi connectivity index (χ1v) is 4.68. The van der Waals surface area contributed by atoms with Crippen molar-refractivity contribution in [2.45, 2.75) is 19.4 Å². The molecule has 15 heavy (non-hydrogen) atoms. The number of carboxylic acids is 1. The van der Waals surface area contributed by atoms with Crippen LogP contribution >= 0.6 is 0 Å². The van der Waals surface area contributed by atoms with Crippen LogP contribution in [0.2, 0.25) is 0 Å². The molecule has 0 saturated heterocycles. The van der Waals surface area contributed by atoms with Gasteiger partial charge in [0.25, 0.3) is 0 Å². The second kappa shape index (κ2) is 5.19. The lowest BCUT2D eigenvalue weighted by Crippen LogP contribution is -2.24. The number of carbonyl (C=O) groups is 2. The normalized spacial score (nSPS) is 9.93. The molecule has 1 aromatic heterocycles. The van der Waals surface area contributed by atoms with Crippen molar-refractivity contribution in [2.24, 2.45) is 7.05 Å². The molecular formula is C10H14N2O3. The Bertz CT molecular complexity index is 357. The van der Waals surface area contributed by atoms with Crippen LogP contribution in [-0.4, -0.2) is 21.6 Å². The molecule has 0 aromatic carbocycles. The third-order valence-corrected chi connectivity index (χ3v) is 2.08. The quantitative estimate of drug-likeness (QED) is 0.743. The molecule has 1 aromatic rings. The van der Waals surface area contributed by atoms with Crippen LogP contribution in [0.1, 0.15) is 18.5 Å². The van der Waals surface area contributed by atoms with Crippen molar-refractivity contribution in [3.05, 3.63) is 24.0 Å². The molecular weight excluding hydrogens is 196 g/mol. The summed E-state index contributed by atoms with van der Waals surface area (Å²) in [4.78, 5) is 21.4. The third-order valence-electron chi connectivity index (χ3n) is 2.08. The van der Waals surface area contributed by atoms with Crippen LogP contribution in [0.5, 0.6) is 0 Å². The van der Waals surface area contributed by atoms with E-state index < -0.39 is 5.97 Å². The zero-order valence-corrected chi connectivity index (χ0v) is 8.56. The van der Waals surface area contributed by atoms with Crippen molar-refractivity contribution in [3.63, 3.8) is 0 Å². The number of aromatic nitrogens is 1. The van der Waals surface area contributed by atoms with Gasteiger partial charge in [0.15, 0.2) is 0 Å². The number of carbonyl (C=O) groups excluding carboxylic acids is 1. The molecule has 2 N–H and O–H groups in total. The summed E-state index contributed by atoms with van der Waals surface area (Å²) < 4.78 is 1.90. The lowest BCUT2D eigenvalue weighted by molar-refractivity contribution is -0.138. The van der Waals surface area contributed by atoms with E-state index in [0.29, 0.717) is 6.54 Å². The van der Waals surface area contributed by atoms with Gasteiger partial charge in [-0.2, -0.15) is 0 Å². The second-order valence-corrected chi connectivity index (χ2v) is 3.28. The van der Waals surface area contributed by atoms with Gasteiger partial charge in [0.05, 0.1) is 13.0 Å². The van der Waals surface area contributed by atoms with Gasteiger partial charge in [0, 0.05) is 25.4 Å². The molecule has 0 atom stereocenters. The number of carboxylic acid groups (broad SMARTS) is 1. The Labute approximate surface area is 87.7 Å². The highest BCUT2D eigenvalue weighted by molar-refractivity contribution is 5.80. The Balaban J connectivity index is 2.28. The number of nitrogens with zero attached hydrogens (tertiary/aromatic N) is 1. The highest BCUT2D eigenvalue weighted by Gasteiger charge is 2.05. The van der Waals surface area contributed by atoms with Gasteiger partial charge in [-0.15, -0.1) is 0 Å². The average molecular weight is 210 g/mol. The van der Waals surface area contributed by atoms with Gasteiger partial charge in [-0.3, -0.25) is 9.59 Å². The number of hydrogen-bond acceptors (Lipinski definition) is 2. The fourth-order valence-corrected chi connectivity index (χ4v) is 1.18. The zero-order chi connectivity index (χ0) is 11.3. The zero-order valence-electron chi connectivity index (χ0n) is 8.56. The van der Waals surface area contributed by atoms with Gasteiger partial charge in [-0.05, 0) is 12.1 Å². The highest BCUT2D eigenvalue weighted by Crippen LogP contribution is 1.99. The Morgan fingerprint density at radius 3 is 2.73 bits per heavy atom. The SMILES string of the molecule is Cn1cccc1CNC(=O)CCC(=O)O. The van der Waals surface area contributed by atoms with Crippen LogP contribution in [0.15, 0.2) is 18.3 Å². The maximum atomic E-state index is 11.2. The van der Waals surface area contributed by atoms with Gasteiger partial charge in [-0.25, -0.2) is 0 Å². The molecule has 0 aliphatic carbocycles. The lowest BCUT2D eigenvalue weighted by Gasteiger charge is -2.05. The first-order chi connectivity index (χ1) is 7.09. The van der Waals surface area contributed by atoms with E-state index in [1.54, 1.807) is 0 Å². The summed E-state index contributed by atoms with van der Waals surface area (Å²) in [7, 11) is 1.89. The molecule has 0 saturated carbocycles. The van der Waals surface area contributed by atoms with Gasteiger partial charge >= 0.3 is 5.97 Å². The fourth-order valence-electron chi connectivity index (χ4n) is 1.18. The highest BCUT2D eigenvalue weighted by atomic mass is 16.4. The van der Waals surface area contributed by atoms with Crippen LogP contribution in [0.3, 0.4) is 0 Å². The minimum absolute atomic E-state index is 0.0275. The average Bonchev–Trinajstić information content (AvgIpc) is 2.58. The van der Waals surface area contributed by atoms with Crippen molar-refractivity contribution in [1.82, 2.24) is 9.88 Å². The van der Waals surface area contributed by atoms with E-state index >= 15 is 0 Å². The number of aliphatic carboxylic acids is 1. The number of amides is 1. The molecule has 1 amide bonds. The van der Waals surface area contributed by atoms with Crippen LogP contribution in [0, 0.1) is 0 Å². The summed E-state index contributed by atoms with van der Waals surface area (Å²) in [6.07, 6.45) is 1.79. The van der Waals surface area contributed by atoms with Crippen LogP contribution in [-0.2, 0) is 23.2 Å². The Morgan fingerprint density at radius 2 is 2.20 bits per heavy atom. The predicted octanol–water partition coefficient (Wildman–Crippen LogP) is 0.506. The van der Waals surface area contributed by atoms with Gasteiger partial charge in [-0.1, -0.05) is 0 Å². The summed E-state index contributed by atoms with van der Waals surface area (Å²) in [5, 5.41) is 11.0. The summed E-state index contributed by atoms with van der Waals surface area (Å²) in [5.41, 5.74) is 0.985. The summed E-state index contributed by atoms with van der Waals surface area (Å²) in [6.45, 7) is 0.432. The van der Waals surface area contributed by atoms with E-state index in [0.717, 1.165) is 5.69 Å². The number of rotatable bonds is 5. The molecule has 0 bridgehead atoms. The Morgan fingerprint density at radius 1 is 1.47 bits per heavy atom. The maximum Gasteiger partial charge on any atom is 0.303 e. The maximum absolute atomic E-state index is 11.2. The Kier molecular flexibility index (Phi) is 3.91. The summed E-state index contributed by atoms with van der Waals surface area (Å²) in [6, 6.07) is 3.79. The molecule has 0 aliphatic heterocycles. The molecule has 0 radical (unpaired) electrons. The van der Waals surface area contributed by atoms with E-state index in [1.165, 1.54) is 0 Å². The predicted molar refractivity (Wildman–Crippen MR) is 54.1 cm³/mol. The van der Waals surface area contributed by atoms with E-state index in [9.17, 15) is 9.59 Å². The molecule has 5 nitrogen and oxygen atoms in total. The van der Waals surface area contributed by atoms with E-state index in [-0.39, 0.29) is 18.7 Å². The standard InChI is InChI=1S/C10H14N2O3/c1-12-6-2-3-8(12)7-11-9(13)4-5-10(14)15/h2-3,6H,4-5,7H2,1H3,(H,11,13)(H,14,15). The lowest BCUT2D eigenvalue weighted by atomic mass is 10.3. The topological polar surface area (TPSA) is 71.3 Å². The summed E-state index contributed by atoms with van der Waals surface area (Å²) in [5.74, 6) is -1.19. The molecule has 1 heterocycles. The monoisotopic (exact) mass is 210 g/mol. The number of aryl methyl sites for hydroxylation is 1. The molecule has 0 unspecified atom stereocenters. The van der Waals surface area contributed by atoms with E-state index in [1.807, 2.05) is 29.9 Å². The number of nitrogens with one attached hydrogen (secondary N) is 1. The molecule has 0 fully saturated rings. The smallest absolute Gasteiger partial charge is 0.303 e. The second-order valence-electron chi connectivity index (χ2n) is 3.28. The van der Waals surface area contributed by atoms with Gasteiger partial charge in [0.1, 0.15) is 0 Å². The Hall–Kier alpha value is -1.78. The van der Waals surface area contributed by atoms with Crippen LogP contribution in [0.25, 0.3) is 0 Å². The number of hydrogen-bond donors (Lipinski definition) is 2. The minimum Gasteiger partial charge on any atom is -0.481 e. The summed E-state index contributed by atoms with van der Waals surface area (Å²) >= 11 is 0. The van der Waals surface area contributed by atoms with E-state index in [4.69, 9.17) is 5.11 Å². The van der Waals surface area contributed by atoms with Crippen molar-refractivity contribution in [3.8, 4) is 0 Å². The molecule has 1 rings (SSSR count). The van der Waals surface area contributed by atoms with Crippen molar-refractivity contribution in [2.75, 3.05) is 0 Å². The van der Waals surface area contributed by atoms with Crippen LogP contribution in [0.4, 0.5) is 0 Å².